The van der Waals surface area contributed by atoms with Gasteiger partial charge in [0.15, 0.2) is 0 Å². The molecular weight excluding hydrogens is 429 g/mol. The molecule has 2 fully saturated rings. The van der Waals surface area contributed by atoms with Crippen LogP contribution in [0.3, 0.4) is 0 Å². The summed E-state index contributed by atoms with van der Waals surface area (Å²) in [6.45, 7) is 2.74. The van der Waals surface area contributed by atoms with Crippen LogP contribution in [0.1, 0.15) is 25.3 Å². The Balaban J connectivity index is 1.57. The number of amides is 3. The van der Waals surface area contributed by atoms with Crippen LogP contribution in [0.4, 0.5) is 5.69 Å². The molecule has 3 atom stereocenters. The van der Waals surface area contributed by atoms with E-state index in [9.17, 15) is 14.4 Å². The molecule has 162 valence electrons. The van der Waals surface area contributed by atoms with Crippen molar-refractivity contribution in [1.29, 1.82) is 5.41 Å². The van der Waals surface area contributed by atoms with E-state index in [1.54, 1.807) is 29.2 Å². The van der Waals surface area contributed by atoms with E-state index in [1.807, 2.05) is 6.92 Å². The number of hydrogen-bond acceptors (Lipinski definition) is 5. The van der Waals surface area contributed by atoms with Gasteiger partial charge in [0.2, 0.25) is 11.8 Å². The van der Waals surface area contributed by atoms with Crippen LogP contribution in [-0.4, -0.2) is 58.3 Å². The standard InChI is InChI=1S/C20H25Cl2N5O3/c1-11-13(20(11,21)22)9-26-19(30)15-7-4-8-27(15)16(28)10-25-14-6-3-2-5-12(14)17(23)18(24)29/h2-3,5-6,11,13,15,23,25H,4,7-10H2,1H3,(H2,24,29)(H,26,30)/t11?,13?,15-/m0/s1. The summed E-state index contributed by atoms with van der Waals surface area (Å²) in [5.74, 6) is -1.17. The number of nitrogens with zero attached hydrogens (tertiary/aromatic N) is 1. The third-order valence-corrected chi connectivity index (χ3v) is 7.09. The van der Waals surface area contributed by atoms with Crippen LogP contribution in [0, 0.1) is 17.2 Å². The van der Waals surface area contributed by atoms with Crippen LogP contribution < -0.4 is 16.4 Å². The van der Waals surface area contributed by atoms with Crippen molar-refractivity contribution in [2.75, 3.05) is 25.0 Å². The zero-order chi connectivity index (χ0) is 22.1. The van der Waals surface area contributed by atoms with Crippen molar-refractivity contribution < 1.29 is 14.4 Å². The summed E-state index contributed by atoms with van der Waals surface area (Å²) >= 11 is 12.3. The maximum atomic E-state index is 12.8. The Morgan fingerprint density at radius 2 is 1.97 bits per heavy atom. The molecule has 1 saturated heterocycles. The van der Waals surface area contributed by atoms with Crippen molar-refractivity contribution in [1.82, 2.24) is 10.2 Å². The van der Waals surface area contributed by atoms with E-state index in [0.29, 0.717) is 30.8 Å². The summed E-state index contributed by atoms with van der Waals surface area (Å²) in [6.07, 6.45) is 1.33. The molecule has 3 rings (SSSR count). The minimum Gasteiger partial charge on any atom is -0.376 e. The topological polar surface area (TPSA) is 128 Å². The molecule has 10 heteroatoms. The molecule has 30 heavy (non-hydrogen) atoms. The van der Waals surface area contributed by atoms with Crippen molar-refractivity contribution in [2.24, 2.45) is 17.6 Å². The highest BCUT2D eigenvalue weighted by molar-refractivity contribution is 6.51. The molecular formula is C20H25Cl2N5O3. The molecule has 1 aliphatic heterocycles. The first kappa shape index (κ1) is 22.4. The Hall–Kier alpha value is -2.32. The van der Waals surface area contributed by atoms with Gasteiger partial charge in [0.05, 0.1) is 6.54 Å². The second kappa shape index (κ2) is 8.81. The summed E-state index contributed by atoms with van der Waals surface area (Å²) in [7, 11) is 0. The lowest BCUT2D eigenvalue weighted by atomic mass is 10.1. The second-order valence-electron chi connectivity index (χ2n) is 7.70. The Bertz CT molecular complexity index is 876. The number of carbonyl (C=O) groups is 3. The third-order valence-electron chi connectivity index (χ3n) is 5.84. The molecule has 0 bridgehead atoms. The predicted octanol–water partition coefficient (Wildman–Crippen LogP) is 1.50. The molecule has 1 aromatic rings. The van der Waals surface area contributed by atoms with Crippen LogP contribution in [0.5, 0.6) is 0 Å². The Kier molecular flexibility index (Phi) is 6.57. The Morgan fingerprint density at radius 3 is 2.60 bits per heavy atom. The zero-order valence-corrected chi connectivity index (χ0v) is 18.1. The number of nitrogens with one attached hydrogen (secondary N) is 3. The number of hydrogen-bond donors (Lipinski definition) is 4. The number of nitrogens with two attached hydrogens (primary N) is 1. The normalized spacial score (nSPS) is 24.2. The third kappa shape index (κ3) is 4.54. The molecule has 1 saturated carbocycles. The lowest BCUT2D eigenvalue weighted by Gasteiger charge is -2.24. The van der Waals surface area contributed by atoms with Gasteiger partial charge in [-0.25, -0.2) is 0 Å². The Labute approximate surface area is 185 Å². The molecule has 1 aromatic carbocycles. The smallest absolute Gasteiger partial charge is 0.267 e. The summed E-state index contributed by atoms with van der Waals surface area (Å²) in [4.78, 5) is 38.2. The second-order valence-corrected chi connectivity index (χ2v) is 9.14. The van der Waals surface area contributed by atoms with Gasteiger partial charge in [-0.15, -0.1) is 23.2 Å². The van der Waals surface area contributed by atoms with Gasteiger partial charge in [-0.05, 0) is 24.8 Å². The van der Waals surface area contributed by atoms with Crippen LogP contribution in [0.2, 0.25) is 0 Å². The number of carbonyl (C=O) groups excluding carboxylic acids is 3. The van der Waals surface area contributed by atoms with Gasteiger partial charge >= 0.3 is 0 Å². The number of halogens is 2. The number of alkyl halides is 2. The highest BCUT2D eigenvalue weighted by Gasteiger charge is 2.60. The van der Waals surface area contributed by atoms with E-state index >= 15 is 0 Å². The number of anilines is 1. The zero-order valence-electron chi connectivity index (χ0n) is 16.6. The van der Waals surface area contributed by atoms with Crippen molar-refractivity contribution in [3.8, 4) is 0 Å². The molecule has 8 nitrogen and oxygen atoms in total. The average Bonchev–Trinajstić information content (AvgIpc) is 3.06. The fourth-order valence-corrected chi connectivity index (χ4v) is 4.51. The minimum atomic E-state index is -0.852. The first-order chi connectivity index (χ1) is 14.1. The molecule has 1 heterocycles. The highest BCUT2D eigenvalue weighted by Crippen LogP contribution is 2.58. The molecule has 0 spiro atoms. The van der Waals surface area contributed by atoms with Crippen LogP contribution in [0.25, 0.3) is 0 Å². The van der Waals surface area contributed by atoms with E-state index in [2.05, 4.69) is 10.6 Å². The molecule has 0 radical (unpaired) electrons. The molecule has 3 amide bonds. The summed E-state index contributed by atoms with van der Waals surface area (Å²) in [6, 6.07) is 6.11. The van der Waals surface area contributed by atoms with Crippen molar-refractivity contribution in [3.05, 3.63) is 29.8 Å². The lowest BCUT2D eigenvalue weighted by molar-refractivity contribution is -0.137. The molecule has 5 N–H and O–H groups in total. The van der Waals surface area contributed by atoms with Crippen molar-refractivity contribution in [3.63, 3.8) is 0 Å². The van der Waals surface area contributed by atoms with E-state index in [-0.39, 0.29) is 35.9 Å². The Morgan fingerprint density at radius 1 is 1.30 bits per heavy atom. The van der Waals surface area contributed by atoms with Crippen LogP contribution in [-0.2, 0) is 14.4 Å². The number of para-hydroxylation sites is 1. The van der Waals surface area contributed by atoms with E-state index in [4.69, 9.17) is 34.3 Å². The van der Waals surface area contributed by atoms with Crippen LogP contribution in [0.15, 0.2) is 24.3 Å². The highest BCUT2D eigenvalue weighted by atomic mass is 35.5. The fraction of sp³-hybridized carbons (Fsp3) is 0.500. The van der Waals surface area contributed by atoms with Gasteiger partial charge in [0.25, 0.3) is 5.91 Å². The number of rotatable bonds is 8. The summed E-state index contributed by atoms with van der Waals surface area (Å²) in [5.41, 5.74) is 5.63. The van der Waals surface area contributed by atoms with Gasteiger partial charge in [0.1, 0.15) is 16.1 Å². The van der Waals surface area contributed by atoms with Crippen molar-refractivity contribution in [2.45, 2.75) is 30.1 Å². The summed E-state index contributed by atoms with van der Waals surface area (Å²) in [5, 5.41) is 13.6. The first-order valence-corrected chi connectivity index (χ1v) is 10.6. The quantitative estimate of drug-likeness (QED) is 0.351. The van der Waals surface area contributed by atoms with Gasteiger partial charge in [-0.1, -0.05) is 25.1 Å². The summed E-state index contributed by atoms with van der Waals surface area (Å²) < 4.78 is -0.797. The number of benzene rings is 1. The van der Waals surface area contributed by atoms with Crippen LogP contribution >= 0.6 is 23.2 Å². The van der Waals surface area contributed by atoms with E-state index < -0.39 is 16.3 Å². The molecule has 2 unspecified atom stereocenters. The number of likely N-dealkylation sites (tertiary alicyclic amines) is 1. The van der Waals surface area contributed by atoms with Gasteiger partial charge < -0.3 is 21.3 Å². The molecule has 0 aromatic heterocycles. The van der Waals surface area contributed by atoms with Gasteiger partial charge in [-0.3, -0.25) is 19.8 Å². The van der Waals surface area contributed by atoms with Gasteiger partial charge in [-0.2, -0.15) is 0 Å². The molecule has 2 aliphatic rings. The SMILES string of the molecule is CC1C(CNC(=O)[C@@H]2CCCN2C(=O)CNc2ccccc2C(=N)C(N)=O)C1(Cl)Cl. The fourth-order valence-electron chi connectivity index (χ4n) is 3.80. The van der Waals surface area contributed by atoms with E-state index in [0.717, 1.165) is 6.42 Å². The van der Waals surface area contributed by atoms with Gasteiger partial charge in [0, 0.05) is 30.3 Å². The monoisotopic (exact) mass is 453 g/mol. The molecule has 1 aliphatic carbocycles. The maximum Gasteiger partial charge on any atom is 0.267 e. The largest absolute Gasteiger partial charge is 0.376 e. The maximum absolute atomic E-state index is 12.8. The minimum absolute atomic E-state index is 0.00841. The first-order valence-electron chi connectivity index (χ1n) is 9.81. The predicted molar refractivity (Wildman–Crippen MR) is 116 cm³/mol. The number of primary amides is 1. The average molecular weight is 454 g/mol. The lowest BCUT2D eigenvalue weighted by Crippen LogP contribution is -2.48. The van der Waals surface area contributed by atoms with E-state index in [1.165, 1.54) is 0 Å². The van der Waals surface area contributed by atoms with Crippen molar-refractivity contribution >= 4 is 52.3 Å².